The summed E-state index contributed by atoms with van der Waals surface area (Å²) in [6.45, 7) is -2.46. The maximum atomic E-state index is 15.1. The number of halogens is 2. The molecule has 1 saturated heterocycles. The Hall–Kier alpha value is -3.04. The van der Waals surface area contributed by atoms with Crippen LogP contribution < -0.4 is 5.32 Å². The van der Waals surface area contributed by atoms with Gasteiger partial charge in [0, 0.05) is 51.7 Å². The van der Waals surface area contributed by atoms with Crippen LogP contribution in [0.3, 0.4) is 0 Å². The van der Waals surface area contributed by atoms with E-state index in [1.807, 2.05) is 0 Å². The Morgan fingerprint density at radius 3 is 2.91 bits per heavy atom. The van der Waals surface area contributed by atoms with Crippen molar-refractivity contribution in [2.75, 3.05) is 12.4 Å². The topological polar surface area (TPSA) is 68.5 Å². The van der Waals surface area contributed by atoms with Crippen LogP contribution in [-0.4, -0.2) is 33.2 Å². The summed E-state index contributed by atoms with van der Waals surface area (Å²) in [4.78, 5) is 17.5. The number of ether oxygens (including phenoxy) is 1. The van der Waals surface area contributed by atoms with E-state index in [1.165, 1.54) is 36.3 Å². The molecule has 9 heteroatoms. The Kier molecular flexibility index (Phi) is 4.86. The number of aryl methyl sites for hydroxylation is 1. The first-order valence-corrected chi connectivity index (χ1v) is 11.4. The van der Waals surface area contributed by atoms with Crippen LogP contribution in [0.4, 0.5) is 8.78 Å². The summed E-state index contributed by atoms with van der Waals surface area (Å²) in [5.41, 5.74) is 0.0312. The van der Waals surface area contributed by atoms with Crippen molar-refractivity contribution >= 4 is 22.8 Å². The van der Waals surface area contributed by atoms with E-state index in [-0.39, 0.29) is 24.0 Å². The highest BCUT2D eigenvalue weighted by atomic mass is 32.2. The van der Waals surface area contributed by atoms with Gasteiger partial charge in [-0.05, 0) is 24.6 Å². The second-order valence-corrected chi connectivity index (χ2v) is 9.06. The molecule has 3 heterocycles. The fourth-order valence-electron chi connectivity index (χ4n) is 4.35. The van der Waals surface area contributed by atoms with Crippen LogP contribution in [0.5, 0.6) is 0 Å². The number of aromatic nitrogens is 2. The predicted octanol–water partition coefficient (Wildman–Crippen LogP) is 4.20. The van der Waals surface area contributed by atoms with E-state index in [0.717, 1.165) is 10.7 Å². The molecule has 3 aromatic rings. The van der Waals surface area contributed by atoms with Crippen LogP contribution >= 0.6 is 11.8 Å². The number of amides is 1. The van der Waals surface area contributed by atoms with Crippen LogP contribution in [0.2, 0.25) is 0 Å². The molecule has 0 spiro atoms. The van der Waals surface area contributed by atoms with Crippen molar-refractivity contribution in [2.24, 2.45) is 17.9 Å². The third-order valence-corrected chi connectivity index (χ3v) is 7.06. The first kappa shape index (κ1) is 18.4. The fraction of sp³-hybridized carbons (Fsp3) is 0.292. The number of rotatable bonds is 3. The standard InChI is InChI=1S/C24H22F2N4O2S/c1-30-12-16(11-27-30)21-9-17-13-33-23(28-22(31)15-5-3-2-4-6-15)29-24(17,14-32-21)19-8-7-18(25)10-20(19)26/h2-8,10-12,17,21H,9,13-14H2,1H3,(H,28,29,31)/t17-,21+,24-/m0/s1/i1D3. The van der Waals surface area contributed by atoms with E-state index < -0.39 is 30.3 Å². The molecule has 0 radical (unpaired) electrons. The Bertz CT molecular complexity index is 1320. The number of thioether (sulfide) groups is 1. The molecule has 2 aromatic carbocycles. The number of aliphatic imine (C=N–C) groups is 1. The monoisotopic (exact) mass is 471 g/mol. The minimum absolute atomic E-state index is 0.0465. The largest absolute Gasteiger partial charge is 0.370 e. The van der Waals surface area contributed by atoms with Gasteiger partial charge in [0.05, 0.1) is 18.9 Å². The van der Waals surface area contributed by atoms with Gasteiger partial charge in [0.25, 0.3) is 5.91 Å². The van der Waals surface area contributed by atoms with Crippen molar-refractivity contribution in [3.63, 3.8) is 0 Å². The Morgan fingerprint density at radius 1 is 1.30 bits per heavy atom. The van der Waals surface area contributed by atoms with Gasteiger partial charge in [0.2, 0.25) is 0 Å². The highest BCUT2D eigenvalue weighted by Crippen LogP contribution is 2.49. The average Bonchev–Trinajstić information content (AvgIpc) is 3.35. The Labute approximate surface area is 198 Å². The molecule has 2 aliphatic rings. The number of nitrogens with zero attached hydrogens (tertiary/aromatic N) is 3. The third kappa shape index (κ3) is 4.18. The molecule has 0 unspecified atom stereocenters. The molecule has 1 amide bonds. The van der Waals surface area contributed by atoms with Gasteiger partial charge in [0.1, 0.15) is 17.2 Å². The summed E-state index contributed by atoms with van der Waals surface area (Å²) in [6.07, 6.45) is 2.81. The molecule has 0 bridgehead atoms. The summed E-state index contributed by atoms with van der Waals surface area (Å²) >= 11 is 1.34. The minimum atomic E-state index is -2.41. The maximum absolute atomic E-state index is 15.1. The number of hydrogen-bond acceptors (Lipinski definition) is 5. The predicted molar refractivity (Wildman–Crippen MR) is 122 cm³/mol. The summed E-state index contributed by atoms with van der Waals surface area (Å²) < 4.78 is 58.4. The molecule has 1 aromatic heterocycles. The second kappa shape index (κ2) is 8.72. The van der Waals surface area contributed by atoms with Crippen molar-refractivity contribution < 1.29 is 22.4 Å². The van der Waals surface area contributed by atoms with Gasteiger partial charge in [-0.15, -0.1) is 0 Å². The fourth-order valence-corrected chi connectivity index (χ4v) is 5.51. The lowest BCUT2D eigenvalue weighted by Gasteiger charge is -2.46. The lowest BCUT2D eigenvalue weighted by Crippen LogP contribution is -2.49. The smallest absolute Gasteiger partial charge is 0.257 e. The van der Waals surface area contributed by atoms with E-state index in [9.17, 15) is 9.18 Å². The van der Waals surface area contributed by atoms with E-state index in [4.69, 9.17) is 13.8 Å². The van der Waals surface area contributed by atoms with Crippen molar-refractivity contribution in [1.29, 1.82) is 0 Å². The lowest BCUT2D eigenvalue weighted by atomic mass is 9.74. The summed E-state index contributed by atoms with van der Waals surface area (Å²) in [7, 11) is 0. The molecule has 5 rings (SSSR count). The van der Waals surface area contributed by atoms with Crippen molar-refractivity contribution in [3.05, 3.63) is 89.2 Å². The van der Waals surface area contributed by atoms with Crippen molar-refractivity contribution in [1.82, 2.24) is 15.1 Å². The number of amidine groups is 1. The summed E-state index contributed by atoms with van der Waals surface area (Å²) in [5.74, 6) is -1.56. The molecule has 1 N–H and O–H groups in total. The lowest BCUT2D eigenvalue weighted by molar-refractivity contribution is -0.0588. The zero-order chi connectivity index (χ0) is 25.5. The van der Waals surface area contributed by atoms with E-state index >= 15 is 4.39 Å². The van der Waals surface area contributed by atoms with E-state index in [0.29, 0.717) is 28.5 Å². The van der Waals surface area contributed by atoms with E-state index in [2.05, 4.69) is 10.4 Å². The highest BCUT2D eigenvalue weighted by Gasteiger charge is 2.50. The number of benzene rings is 2. The van der Waals surface area contributed by atoms with Crippen molar-refractivity contribution in [3.8, 4) is 0 Å². The van der Waals surface area contributed by atoms with Gasteiger partial charge in [-0.2, -0.15) is 5.10 Å². The van der Waals surface area contributed by atoms with Crippen LogP contribution in [0, 0.1) is 17.6 Å². The summed E-state index contributed by atoms with van der Waals surface area (Å²) in [6, 6.07) is 12.0. The number of nitrogens with one attached hydrogen (secondary N) is 1. The molecule has 170 valence electrons. The van der Waals surface area contributed by atoms with Crippen LogP contribution in [0.15, 0.2) is 65.9 Å². The molecule has 0 saturated carbocycles. The SMILES string of the molecule is [2H]C([2H])([2H])n1cc([C@H]2C[C@H]3CSC(NC(=O)c4ccccc4)=N[C@@]3(c3ccc(F)cc3F)CO2)cn1. The Balaban J connectivity index is 1.47. The van der Waals surface area contributed by atoms with Gasteiger partial charge >= 0.3 is 0 Å². The van der Waals surface area contributed by atoms with Gasteiger partial charge in [-0.3, -0.25) is 9.48 Å². The Morgan fingerprint density at radius 2 is 2.15 bits per heavy atom. The van der Waals surface area contributed by atoms with Crippen LogP contribution in [-0.2, 0) is 17.3 Å². The van der Waals surface area contributed by atoms with Gasteiger partial charge < -0.3 is 10.1 Å². The van der Waals surface area contributed by atoms with Gasteiger partial charge in [-0.25, -0.2) is 13.8 Å². The van der Waals surface area contributed by atoms with Crippen LogP contribution in [0.1, 0.15) is 38.1 Å². The zero-order valence-corrected chi connectivity index (χ0v) is 18.2. The quantitative estimate of drug-likeness (QED) is 0.622. The molecule has 0 aliphatic carbocycles. The molecule has 6 nitrogen and oxygen atoms in total. The normalized spacial score (nSPS) is 26.4. The van der Waals surface area contributed by atoms with Crippen LogP contribution in [0.25, 0.3) is 0 Å². The second-order valence-electron chi connectivity index (χ2n) is 8.05. The number of carbonyl (C=O) groups is 1. The van der Waals surface area contributed by atoms with Gasteiger partial charge in [0.15, 0.2) is 5.17 Å². The molecule has 1 fully saturated rings. The first-order chi connectivity index (χ1) is 17.2. The molecular weight excluding hydrogens is 446 g/mol. The van der Waals surface area contributed by atoms with Crippen molar-refractivity contribution in [2.45, 2.75) is 18.1 Å². The number of fused-ring (bicyclic) bond motifs is 1. The third-order valence-electron chi connectivity index (χ3n) is 6.03. The first-order valence-electron chi connectivity index (χ1n) is 11.9. The molecule has 33 heavy (non-hydrogen) atoms. The van der Waals surface area contributed by atoms with E-state index in [1.54, 1.807) is 30.3 Å². The zero-order valence-electron chi connectivity index (χ0n) is 20.4. The highest BCUT2D eigenvalue weighted by molar-refractivity contribution is 8.13. The average molecular weight is 472 g/mol. The molecule has 2 aliphatic heterocycles. The van der Waals surface area contributed by atoms with Gasteiger partial charge in [-0.1, -0.05) is 36.0 Å². The summed E-state index contributed by atoms with van der Waals surface area (Å²) in [5, 5.41) is 7.05. The molecule has 3 atom stereocenters. The minimum Gasteiger partial charge on any atom is -0.370 e. The number of carbonyl (C=O) groups excluding carboxylic acids is 1. The maximum Gasteiger partial charge on any atom is 0.257 e. The molecular formula is C24H22F2N4O2S. The number of hydrogen-bond donors (Lipinski definition) is 1.